The molecule has 0 aliphatic rings. The maximum Gasteiger partial charge on any atom is 0.124 e. The van der Waals surface area contributed by atoms with E-state index >= 15 is 0 Å². The van der Waals surface area contributed by atoms with Crippen molar-refractivity contribution in [3.63, 3.8) is 0 Å². The number of anilines is 1. The molecule has 0 fully saturated rings. The molecule has 2 aromatic rings. The fourth-order valence-electron chi connectivity index (χ4n) is 1.90. The molecule has 0 atom stereocenters. The minimum Gasteiger partial charge on any atom is -0.497 e. The summed E-state index contributed by atoms with van der Waals surface area (Å²) in [5, 5.41) is 0. The summed E-state index contributed by atoms with van der Waals surface area (Å²) >= 11 is 3.30. The maximum absolute atomic E-state index is 13.3. The highest BCUT2D eigenvalue weighted by Gasteiger charge is 2.05. The SMILES string of the molecule is COc1ccc(N(C)Cc2cc(F)cc(Br)c2)cc1. The van der Waals surface area contributed by atoms with Crippen LogP contribution in [0.1, 0.15) is 5.56 Å². The molecule has 0 spiro atoms. The normalized spacial score (nSPS) is 10.3. The van der Waals surface area contributed by atoms with Crippen LogP contribution >= 0.6 is 15.9 Å². The van der Waals surface area contributed by atoms with Crippen LogP contribution in [-0.4, -0.2) is 14.2 Å². The summed E-state index contributed by atoms with van der Waals surface area (Å²) in [7, 11) is 3.61. The minimum atomic E-state index is -0.229. The van der Waals surface area contributed by atoms with Crippen LogP contribution in [0, 0.1) is 5.82 Å². The molecule has 0 radical (unpaired) electrons. The van der Waals surface area contributed by atoms with Gasteiger partial charge in [0.05, 0.1) is 7.11 Å². The summed E-state index contributed by atoms with van der Waals surface area (Å²) in [4.78, 5) is 2.06. The number of nitrogens with zero attached hydrogens (tertiary/aromatic N) is 1. The van der Waals surface area contributed by atoms with E-state index in [4.69, 9.17) is 4.74 Å². The zero-order valence-corrected chi connectivity index (χ0v) is 12.4. The van der Waals surface area contributed by atoms with Gasteiger partial charge < -0.3 is 9.64 Å². The van der Waals surface area contributed by atoms with Crippen molar-refractivity contribution in [2.75, 3.05) is 19.1 Å². The third kappa shape index (κ3) is 3.70. The van der Waals surface area contributed by atoms with Gasteiger partial charge in [-0.1, -0.05) is 15.9 Å². The molecule has 0 N–H and O–H groups in total. The number of halogens is 2. The fraction of sp³-hybridized carbons (Fsp3) is 0.200. The molecule has 0 aromatic heterocycles. The van der Waals surface area contributed by atoms with Crippen molar-refractivity contribution in [1.29, 1.82) is 0 Å². The summed E-state index contributed by atoms with van der Waals surface area (Å²) in [5.41, 5.74) is 1.98. The number of hydrogen-bond donors (Lipinski definition) is 0. The molecule has 0 amide bonds. The minimum absolute atomic E-state index is 0.229. The zero-order valence-electron chi connectivity index (χ0n) is 10.9. The second-order valence-corrected chi connectivity index (χ2v) is 5.25. The van der Waals surface area contributed by atoms with Crippen LogP contribution in [0.2, 0.25) is 0 Å². The zero-order chi connectivity index (χ0) is 13.8. The van der Waals surface area contributed by atoms with Crippen LogP contribution in [0.4, 0.5) is 10.1 Å². The van der Waals surface area contributed by atoms with E-state index in [1.165, 1.54) is 6.07 Å². The third-order valence-electron chi connectivity index (χ3n) is 2.86. The van der Waals surface area contributed by atoms with Crippen molar-refractivity contribution >= 4 is 21.6 Å². The molecule has 0 saturated carbocycles. The molecular weight excluding hydrogens is 309 g/mol. The number of ether oxygens (including phenoxy) is 1. The lowest BCUT2D eigenvalue weighted by atomic mass is 10.2. The first-order valence-corrected chi connectivity index (χ1v) is 6.68. The standard InChI is InChI=1S/C15H15BrFNO/c1-18(14-3-5-15(19-2)6-4-14)10-11-7-12(16)9-13(17)8-11/h3-9H,10H2,1-2H3. The number of hydrogen-bond acceptors (Lipinski definition) is 2. The van der Waals surface area contributed by atoms with Gasteiger partial charge in [-0.05, 0) is 48.0 Å². The molecular formula is C15H15BrFNO. The quantitative estimate of drug-likeness (QED) is 0.834. The molecule has 0 bridgehead atoms. The lowest BCUT2D eigenvalue weighted by molar-refractivity contribution is 0.415. The summed E-state index contributed by atoms with van der Waals surface area (Å²) in [5.74, 6) is 0.596. The number of benzene rings is 2. The van der Waals surface area contributed by atoms with Gasteiger partial charge in [0.15, 0.2) is 0 Å². The van der Waals surface area contributed by atoms with Gasteiger partial charge in [0.25, 0.3) is 0 Å². The smallest absolute Gasteiger partial charge is 0.124 e. The lowest BCUT2D eigenvalue weighted by Gasteiger charge is -2.20. The van der Waals surface area contributed by atoms with Gasteiger partial charge in [-0.15, -0.1) is 0 Å². The van der Waals surface area contributed by atoms with E-state index < -0.39 is 0 Å². The molecule has 0 saturated heterocycles. The van der Waals surface area contributed by atoms with E-state index in [9.17, 15) is 4.39 Å². The molecule has 0 heterocycles. The van der Waals surface area contributed by atoms with E-state index in [1.54, 1.807) is 13.2 Å². The Morgan fingerprint density at radius 2 is 1.84 bits per heavy atom. The van der Waals surface area contributed by atoms with Gasteiger partial charge in [0.1, 0.15) is 11.6 Å². The van der Waals surface area contributed by atoms with E-state index in [2.05, 4.69) is 20.8 Å². The predicted molar refractivity (Wildman–Crippen MR) is 79.2 cm³/mol. The highest BCUT2D eigenvalue weighted by molar-refractivity contribution is 9.10. The van der Waals surface area contributed by atoms with Crippen molar-refractivity contribution in [2.45, 2.75) is 6.54 Å². The second kappa shape index (κ2) is 6.06. The van der Waals surface area contributed by atoms with Crippen molar-refractivity contribution in [3.05, 3.63) is 58.3 Å². The first-order chi connectivity index (χ1) is 9.08. The Kier molecular flexibility index (Phi) is 4.43. The monoisotopic (exact) mass is 323 g/mol. The molecule has 0 aliphatic carbocycles. The molecule has 2 aromatic carbocycles. The summed E-state index contributed by atoms with van der Waals surface area (Å²) in [6.45, 7) is 0.642. The van der Waals surface area contributed by atoms with Crippen molar-refractivity contribution < 1.29 is 9.13 Å². The van der Waals surface area contributed by atoms with Crippen LogP contribution in [0.3, 0.4) is 0 Å². The number of methoxy groups -OCH3 is 1. The average Bonchev–Trinajstić information content (AvgIpc) is 2.37. The van der Waals surface area contributed by atoms with E-state index in [1.807, 2.05) is 37.4 Å². The fourth-order valence-corrected chi connectivity index (χ4v) is 2.42. The van der Waals surface area contributed by atoms with Gasteiger partial charge in [-0.2, -0.15) is 0 Å². The summed E-state index contributed by atoms with van der Waals surface area (Å²) in [6, 6.07) is 12.7. The summed E-state index contributed by atoms with van der Waals surface area (Å²) < 4.78 is 19.2. The van der Waals surface area contributed by atoms with Crippen LogP contribution in [0.15, 0.2) is 46.9 Å². The molecule has 0 aliphatic heterocycles. The lowest BCUT2D eigenvalue weighted by Crippen LogP contribution is -2.16. The Morgan fingerprint density at radius 1 is 1.16 bits per heavy atom. The van der Waals surface area contributed by atoms with E-state index in [0.717, 1.165) is 21.5 Å². The van der Waals surface area contributed by atoms with Crippen molar-refractivity contribution in [2.24, 2.45) is 0 Å². The van der Waals surface area contributed by atoms with Crippen LogP contribution in [0.5, 0.6) is 5.75 Å². The number of rotatable bonds is 4. The Labute approximate surface area is 120 Å². The highest BCUT2D eigenvalue weighted by atomic mass is 79.9. The topological polar surface area (TPSA) is 12.5 Å². The first kappa shape index (κ1) is 13.9. The summed E-state index contributed by atoms with van der Waals surface area (Å²) in [6.07, 6.45) is 0. The first-order valence-electron chi connectivity index (χ1n) is 5.88. The predicted octanol–water partition coefficient (Wildman–Crippen LogP) is 4.23. The molecule has 2 rings (SSSR count). The van der Waals surface area contributed by atoms with E-state index in [0.29, 0.717) is 6.54 Å². The van der Waals surface area contributed by atoms with Crippen LogP contribution in [0.25, 0.3) is 0 Å². The largest absolute Gasteiger partial charge is 0.497 e. The molecule has 100 valence electrons. The molecule has 2 nitrogen and oxygen atoms in total. The molecule has 0 unspecified atom stereocenters. The second-order valence-electron chi connectivity index (χ2n) is 4.33. The van der Waals surface area contributed by atoms with Gasteiger partial charge in [-0.25, -0.2) is 4.39 Å². The van der Waals surface area contributed by atoms with Crippen molar-refractivity contribution in [1.82, 2.24) is 0 Å². The van der Waals surface area contributed by atoms with Crippen LogP contribution < -0.4 is 9.64 Å². The Morgan fingerprint density at radius 3 is 2.42 bits per heavy atom. The van der Waals surface area contributed by atoms with Gasteiger partial charge in [-0.3, -0.25) is 0 Å². The maximum atomic E-state index is 13.3. The van der Waals surface area contributed by atoms with Gasteiger partial charge >= 0.3 is 0 Å². The van der Waals surface area contributed by atoms with Gasteiger partial charge in [0, 0.05) is 23.8 Å². The molecule has 19 heavy (non-hydrogen) atoms. The Bertz CT molecular complexity index is 536. The van der Waals surface area contributed by atoms with E-state index in [-0.39, 0.29) is 5.82 Å². The Balaban J connectivity index is 2.13. The molecule has 4 heteroatoms. The van der Waals surface area contributed by atoms with Crippen LogP contribution in [-0.2, 0) is 6.54 Å². The van der Waals surface area contributed by atoms with Gasteiger partial charge in [0.2, 0.25) is 0 Å². The average molecular weight is 324 g/mol. The highest BCUT2D eigenvalue weighted by Crippen LogP contribution is 2.21. The Hall–Kier alpha value is -1.55. The third-order valence-corrected chi connectivity index (χ3v) is 3.31. The van der Waals surface area contributed by atoms with Crippen molar-refractivity contribution in [3.8, 4) is 5.75 Å².